The maximum absolute atomic E-state index is 12.5. The number of thioether (sulfide) groups is 1. The smallest absolute Gasteiger partial charge is 0.258 e. The Kier molecular flexibility index (Phi) is 5.08. The topological polar surface area (TPSA) is 52.2 Å². The van der Waals surface area contributed by atoms with Gasteiger partial charge in [0.2, 0.25) is 0 Å². The lowest BCUT2D eigenvalue weighted by Crippen LogP contribution is -2.17. The van der Waals surface area contributed by atoms with Gasteiger partial charge in [-0.05, 0) is 45.7 Å². The molecule has 0 atom stereocenters. The Labute approximate surface area is 163 Å². The monoisotopic (exact) mass is 382 g/mol. The van der Waals surface area contributed by atoms with Gasteiger partial charge in [0.05, 0.1) is 11.4 Å². The minimum absolute atomic E-state index is 0.0170. The fraction of sp³-hybridized carbons (Fsp3) is 0.476. The van der Waals surface area contributed by atoms with Crippen molar-refractivity contribution >= 4 is 17.4 Å². The normalized spacial score (nSPS) is 15.5. The standard InChI is InChI=1S/C21H26N4OS/c1-14-8-7-11-19-23-17(12-20(26)24(14)19)13-27-21-22-15(2)16(3)25(21)18-9-5-4-6-10-18/h7-8,11-12,18H,4-6,9-10,13H2,1-3H3. The van der Waals surface area contributed by atoms with Crippen LogP contribution >= 0.6 is 11.8 Å². The number of rotatable bonds is 4. The van der Waals surface area contributed by atoms with Gasteiger partial charge in [0.15, 0.2) is 5.16 Å². The van der Waals surface area contributed by atoms with Gasteiger partial charge in [-0.3, -0.25) is 9.20 Å². The number of hydrogen-bond acceptors (Lipinski definition) is 4. The summed E-state index contributed by atoms with van der Waals surface area (Å²) >= 11 is 1.69. The van der Waals surface area contributed by atoms with Crippen LogP contribution in [-0.4, -0.2) is 18.9 Å². The Hall–Kier alpha value is -2.08. The van der Waals surface area contributed by atoms with Crippen LogP contribution in [0.25, 0.3) is 5.65 Å². The molecule has 0 aliphatic heterocycles. The van der Waals surface area contributed by atoms with Crippen LogP contribution in [0.3, 0.4) is 0 Å². The van der Waals surface area contributed by atoms with Crippen LogP contribution in [0.1, 0.15) is 60.9 Å². The highest BCUT2D eigenvalue weighted by Gasteiger charge is 2.22. The number of pyridine rings is 1. The lowest BCUT2D eigenvalue weighted by molar-refractivity contribution is 0.332. The number of aromatic nitrogens is 4. The molecule has 1 aliphatic carbocycles. The minimum atomic E-state index is -0.0170. The molecule has 1 saturated carbocycles. The maximum Gasteiger partial charge on any atom is 0.258 e. The van der Waals surface area contributed by atoms with Crippen LogP contribution in [0.2, 0.25) is 0 Å². The lowest BCUT2D eigenvalue weighted by atomic mass is 9.95. The molecule has 5 nitrogen and oxygen atoms in total. The van der Waals surface area contributed by atoms with Crippen molar-refractivity contribution in [2.24, 2.45) is 0 Å². The van der Waals surface area contributed by atoms with E-state index in [4.69, 9.17) is 4.98 Å². The van der Waals surface area contributed by atoms with Crippen LogP contribution in [0.5, 0.6) is 0 Å². The summed E-state index contributed by atoms with van der Waals surface area (Å²) in [7, 11) is 0. The Morgan fingerprint density at radius 1 is 1.11 bits per heavy atom. The molecular formula is C21H26N4OS. The summed E-state index contributed by atoms with van der Waals surface area (Å²) < 4.78 is 4.09. The van der Waals surface area contributed by atoms with Gasteiger partial charge in [-0.1, -0.05) is 37.1 Å². The molecule has 1 fully saturated rings. The summed E-state index contributed by atoms with van der Waals surface area (Å²) in [4.78, 5) is 22.0. The van der Waals surface area contributed by atoms with Crippen molar-refractivity contribution in [3.05, 3.63) is 57.4 Å². The van der Waals surface area contributed by atoms with Crippen molar-refractivity contribution < 1.29 is 0 Å². The maximum atomic E-state index is 12.5. The predicted octanol–water partition coefficient (Wildman–Crippen LogP) is 4.61. The van der Waals surface area contributed by atoms with E-state index in [0.29, 0.717) is 17.4 Å². The van der Waals surface area contributed by atoms with E-state index in [1.165, 1.54) is 37.8 Å². The quantitative estimate of drug-likeness (QED) is 0.618. The number of aryl methyl sites for hydroxylation is 2. The van der Waals surface area contributed by atoms with Crippen LogP contribution < -0.4 is 5.56 Å². The molecule has 3 aromatic rings. The first kappa shape index (κ1) is 18.3. The molecule has 4 rings (SSSR count). The molecule has 0 aromatic carbocycles. The summed E-state index contributed by atoms with van der Waals surface area (Å²) in [5.74, 6) is 0.655. The average molecular weight is 383 g/mol. The fourth-order valence-corrected chi connectivity index (χ4v) is 5.09. The third-order valence-corrected chi connectivity index (χ3v) is 6.56. The van der Waals surface area contributed by atoms with Crippen molar-refractivity contribution in [3.63, 3.8) is 0 Å². The molecule has 0 unspecified atom stereocenters. The predicted molar refractivity (Wildman–Crippen MR) is 110 cm³/mol. The number of hydrogen-bond donors (Lipinski definition) is 0. The van der Waals surface area contributed by atoms with Crippen molar-refractivity contribution in [3.8, 4) is 0 Å². The van der Waals surface area contributed by atoms with E-state index in [9.17, 15) is 4.79 Å². The van der Waals surface area contributed by atoms with E-state index in [0.717, 1.165) is 22.2 Å². The molecule has 3 heterocycles. The van der Waals surface area contributed by atoms with Gasteiger partial charge in [-0.2, -0.15) is 0 Å². The first-order chi connectivity index (χ1) is 13.0. The van der Waals surface area contributed by atoms with E-state index >= 15 is 0 Å². The van der Waals surface area contributed by atoms with Crippen LogP contribution in [0.15, 0.2) is 34.2 Å². The lowest BCUT2D eigenvalue weighted by Gasteiger charge is -2.26. The largest absolute Gasteiger partial charge is 0.320 e. The van der Waals surface area contributed by atoms with Crippen molar-refractivity contribution in [2.75, 3.05) is 0 Å². The Morgan fingerprint density at radius 2 is 1.89 bits per heavy atom. The molecule has 0 amide bonds. The molecule has 27 heavy (non-hydrogen) atoms. The van der Waals surface area contributed by atoms with Gasteiger partial charge >= 0.3 is 0 Å². The summed E-state index contributed by atoms with van der Waals surface area (Å²) in [6, 6.07) is 7.97. The molecular weight excluding hydrogens is 356 g/mol. The molecule has 3 aromatic heterocycles. The molecule has 0 radical (unpaired) electrons. The van der Waals surface area contributed by atoms with Gasteiger partial charge in [0.25, 0.3) is 5.56 Å². The molecule has 0 bridgehead atoms. The van der Waals surface area contributed by atoms with Gasteiger partial charge in [-0.25, -0.2) is 9.97 Å². The second kappa shape index (κ2) is 7.50. The molecule has 6 heteroatoms. The highest BCUT2D eigenvalue weighted by Crippen LogP contribution is 2.34. The Morgan fingerprint density at radius 3 is 2.67 bits per heavy atom. The summed E-state index contributed by atoms with van der Waals surface area (Å²) in [6.07, 6.45) is 6.41. The van der Waals surface area contributed by atoms with Gasteiger partial charge in [0.1, 0.15) is 5.65 Å². The molecule has 0 spiro atoms. The first-order valence-corrected chi connectivity index (χ1v) is 10.7. The average Bonchev–Trinajstić information content (AvgIpc) is 2.94. The summed E-state index contributed by atoms with van der Waals surface area (Å²) in [6.45, 7) is 6.18. The second-order valence-corrected chi connectivity index (χ2v) is 8.40. The van der Waals surface area contributed by atoms with E-state index in [2.05, 4.69) is 23.4 Å². The van der Waals surface area contributed by atoms with E-state index in [1.54, 1.807) is 22.2 Å². The highest BCUT2D eigenvalue weighted by molar-refractivity contribution is 7.98. The second-order valence-electron chi connectivity index (χ2n) is 7.46. The molecule has 1 aliphatic rings. The van der Waals surface area contributed by atoms with E-state index < -0.39 is 0 Å². The van der Waals surface area contributed by atoms with E-state index in [1.807, 2.05) is 25.1 Å². The zero-order chi connectivity index (χ0) is 19.0. The van der Waals surface area contributed by atoms with Crippen molar-refractivity contribution in [1.29, 1.82) is 0 Å². The fourth-order valence-electron chi connectivity index (χ4n) is 4.04. The van der Waals surface area contributed by atoms with Crippen LogP contribution in [-0.2, 0) is 5.75 Å². The van der Waals surface area contributed by atoms with Crippen LogP contribution in [0, 0.1) is 20.8 Å². The Bertz CT molecular complexity index is 1030. The van der Waals surface area contributed by atoms with Gasteiger partial charge in [-0.15, -0.1) is 0 Å². The van der Waals surface area contributed by atoms with Gasteiger partial charge in [0, 0.05) is 29.2 Å². The number of imidazole rings is 1. The summed E-state index contributed by atoms with van der Waals surface area (Å²) in [5, 5.41) is 1.06. The molecule has 142 valence electrons. The number of fused-ring (bicyclic) bond motifs is 1. The van der Waals surface area contributed by atoms with Gasteiger partial charge < -0.3 is 4.57 Å². The number of nitrogens with zero attached hydrogens (tertiary/aromatic N) is 4. The third kappa shape index (κ3) is 3.55. The third-order valence-electron chi connectivity index (χ3n) is 5.58. The Balaban J connectivity index is 1.62. The zero-order valence-electron chi connectivity index (χ0n) is 16.2. The van der Waals surface area contributed by atoms with E-state index in [-0.39, 0.29) is 5.56 Å². The van der Waals surface area contributed by atoms with Crippen LogP contribution in [0.4, 0.5) is 0 Å². The zero-order valence-corrected chi connectivity index (χ0v) is 17.1. The molecule has 0 N–H and O–H groups in total. The first-order valence-electron chi connectivity index (χ1n) is 9.71. The molecule has 0 saturated heterocycles. The van der Waals surface area contributed by atoms with Crippen molar-refractivity contribution in [2.45, 2.75) is 69.8 Å². The SMILES string of the molecule is Cc1nc(SCc2cc(=O)n3c(C)cccc3n2)n(C2CCCCC2)c1C. The highest BCUT2D eigenvalue weighted by atomic mass is 32.2. The summed E-state index contributed by atoms with van der Waals surface area (Å²) in [5.41, 5.74) is 4.78. The minimum Gasteiger partial charge on any atom is -0.320 e. The van der Waals surface area contributed by atoms with Crippen molar-refractivity contribution in [1.82, 2.24) is 18.9 Å².